The summed E-state index contributed by atoms with van der Waals surface area (Å²) < 4.78 is 23.6. The van der Waals surface area contributed by atoms with E-state index in [2.05, 4.69) is 31.3 Å². The summed E-state index contributed by atoms with van der Waals surface area (Å²) in [4.78, 5) is 23.2. The summed E-state index contributed by atoms with van der Waals surface area (Å²) in [7, 11) is 1.57. The fraction of sp³-hybridized carbons (Fsp3) is 0.906. The number of aliphatic hydroxyl groups excluding tert-OH is 1. The molecule has 3 unspecified atom stereocenters. The van der Waals surface area contributed by atoms with E-state index in [9.17, 15) is 19.4 Å². The van der Waals surface area contributed by atoms with Crippen LogP contribution in [0.5, 0.6) is 0 Å². The number of aliphatic hydroxyl groups is 1. The van der Waals surface area contributed by atoms with Gasteiger partial charge in [0.05, 0.1) is 39.9 Å². The largest absolute Gasteiger partial charge is 0.472 e. The van der Waals surface area contributed by atoms with Gasteiger partial charge in [-0.25, -0.2) is 4.57 Å². The molecule has 3 N–H and O–H groups in total. The molecular weight excluding hydrogens is 792 g/mol. The van der Waals surface area contributed by atoms with Crippen LogP contribution in [-0.4, -0.2) is 73.4 Å². The Labute approximate surface area is 385 Å². The predicted molar refractivity (Wildman–Crippen MR) is 268 cm³/mol. The number of hydrogen-bond donors (Lipinski definition) is 3. The molecule has 0 saturated heterocycles. The number of phosphoric acid groups is 1. The third-order valence-corrected chi connectivity index (χ3v) is 13.2. The van der Waals surface area contributed by atoms with Crippen molar-refractivity contribution in [1.29, 1.82) is 0 Å². The monoisotopic (exact) mass is 898 g/mol. The predicted octanol–water partition coefficient (Wildman–Crippen LogP) is 15.6. The quantitative estimate of drug-likeness (QED) is 0.0243. The van der Waals surface area contributed by atoms with Crippen LogP contribution in [0.25, 0.3) is 0 Å². The Morgan fingerprint density at radius 2 is 0.887 bits per heavy atom. The highest BCUT2D eigenvalue weighted by atomic mass is 31.2. The molecule has 0 aliphatic rings. The second-order valence-electron chi connectivity index (χ2n) is 19.6. The van der Waals surface area contributed by atoms with E-state index in [4.69, 9.17) is 9.05 Å². The zero-order chi connectivity index (χ0) is 45.7. The lowest BCUT2D eigenvalue weighted by atomic mass is 10.0. The number of phosphoric ester groups is 1. The Morgan fingerprint density at radius 1 is 0.532 bits per heavy atom. The summed E-state index contributed by atoms with van der Waals surface area (Å²) in [5.41, 5.74) is 0. The Kier molecular flexibility index (Phi) is 44.4. The summed E-state index contributed by atoms with van der Waals surface area (Å²) in [6.07, 6.45) is 55.5. The standard InChI is InChI=1S/C53H105N2O6P/c1-6-8-10-12-14-16-18-20-22-24-26-27-29-31-33-35-37-39-41-43-45-47-53(57)54-51(50-61-62(58,59)60-49-48-55(3,4)5)52(56)46-44-42-40-38-36-34-32-30-28-25-23-21-19-17-15-13-11-9-7-2/h36,38,44,46,51-52,56H,6-35,37,39-43,45,47-50H2,1-5H3,(H-,54,57,58,59)/p+1/b38-36+,46-44+. The summed E-state index contributed by atoms with van der Waals surface area (Å²) in [6.45, 7) is 4.83. The van der Waals surface area contributed by atoms with Gasteiger partial charge in [-0.2, -0.15) is 0 Å². The van der Waals surface area contributed by atoms with E-state index in [0.717, 1.165) is 38.5 Å². The minimum Gasteiger partial charge on any atom is -0.387 e. The molecule has 8 nitrogen and oxygen atoms in total. The first-order valence-corrected chi connectivity index (χ1v) is 28.2. The second kappa shape index (κ2) is 45.1. The number of nitrogens with one attached hydrogen (secondary N) is 1. The van der Waals surface area contributed by atoms with Gasteiger partial charge in [-0.05, 0) is 32.1 Å². The average molecular weight is 898 g/mol. The van der Waals surface area contributed by atoms with Crippen molar-refractivity contribution in [3.63, 3.8) is 0 Å². The lowest BCUT2D eigenvalue weighted by molar-refractivity contribution is -0.870. The molecule has 0 aromatic heterocycles. The molecule has 368 valence electrons. The summed E-state index contributed by atoms with van der Waals surface area (Å²) in [6, 6.07) is -0.859. The fourth-order valence-corrected chi connectivity index (χ4v) is 8.68. The van der Waals surface area contributed by atoms with Crippen LogP contribution in [0.1, 0.15) is 258 Å². The van der Waals surface area contributed by atoms with Crippen LogP contribution in [0, 0.1) is 0 Å². The minimum absolute atomic E-state index is 0.0586. The van der Waals surface area contributed by atoms with E-state index in [-0.39, 0.29) is 19.1 Å². The fourth-order valence-electron chi connectivity index (χ4n) is 7.94. The number of carbonyl (C=O) groups excluding carboxylic acids is 1. The third kappa shape index (κ3) is 47.0. The zero-order valence-electron chi connectivity index (χ0n) is 41.9. The molecule has 3 atom stereocenters. The highest BCUT2D eigenvalue weighted by molar-refractivity contribution is 7.47. The third-order valence-electron chi connectivity index (χ3n) is 12.2. The van der Waals surface area contributed by atoms with Crippen molar-refractivity contribution in [2.75, 3.05) is 40.9 Å². The molecule has 62 heavy (non-hydrogen) atoms. The topological polar surface area (TPSA) is 105 Å². The van der Waals surface area contributed by atoms with Crippen LogP contribution in [0.15, 0.2) is 24.3 Å². The molecule has 0 saturated carbocycles. The van der Waals surface area contributed by atoms with Gasteiger partial charge < -0.3 is 19.8 Å². The maximum atomic E-state index is 12.9. The lowest BCUT2D eigenvalue weighted by Crippen LogP contribution is -2.45. The van der Waals surface area contributed by atoms with Crippen LogP contribution in [0.3, 0.4) is 0 Å². The van der Waals surface area contributed by atoms with Gasteiger partial charge in [0.2, 0.25) is 5.91 Å². The van der Waals surface area contributed by atoms with Crippen LogP contribution in [0.2, 0.25) is 0 Å². The zero-order valence-corrected chi connectivity index (χ0v) is 42.8. The molecule has 0 rings (SSSR count). The number of carbonyl (C=O) groups is 1. The number of quaternary nitrogens is 1. The number of likely N-dealkylation sites (N-methyl/N-ethyl adjacent to an activating group) is 1. The van der Waals surface area contributed by atoms with Crippen LogP contribution in [0.4, 0.5) is 0 Å². The molecule has 9 heteroatoms. The highest BCUT2D eigenvalue weighted by Gasteiger charge is 2.27. The number of nitrogens with zero attached hydrogens (tertiary/aromatic N) is 1. The molecule has 0 heterocycles. The van der Waals surface area contributed by atoms with Crippen molar-refractivity contribution in [2.45, 2.75) is 270 Å². The van der Waals surface area contributed by atoms with E-state index in [0.29, 0.717) is 17.4 Å². The summed E-state index contributed by atoms with van der Waals surface area (Å²) in [5, 5.41) is 13.9. The van der Waals surface area contributed by atoms with Gasteiger partial charge >= 0.3 is 7.82 Å². The van der Waals surface area contributed by atoms with Gasteiger partial charge in [-0.1, -0.05) is 244 Å². The van der Waals surface area contributed by atoms with E-state index in [1.807, 2.05) is 27.2 Å². The number of allylic oxidation sites excluding steroid dienone is 3. The lowest BCUT2D eigenvalue weighted by Gasteiger charge is -2.25. The smallest absolute Gasteiger partial charge is 0.387 e. The normalized spacial score (nSPS) is 14.2. The minimum atomic E-state index is -4.35. The molecule has 0 aliphatic heterocycles. The summed E-state index contributed by atoms with van der Waals surface area (Å²) in [5.74, 6) is -0.182. The summed E-state index contributed by atoms with van der Waals surface area (Å²) >= 11 is 0. The Balaban J connectivity index is 4.29. The van der Waals surface area contributed by atoms with Gasteiger partial charge in [0.25, 0.3) is 0 Å². The maximum Gasteiger partial charge on any atom is 0.472 e. The number of rotatable bonds is 49. The Bertz CT molecular complexity index is 1060. The number of unbranched alkanes of at least 4 members (excludes halogenated alkanes) is 34. The molecule has 0 aromatic carbocycles. The second-order valence-corrected chi connectivity index (χ2v) is 21.1. The first kappa shape index (κ1) is 61.0. The highest BCUT2D eigenvalue weighted by Crippen LogP contribution is 2.43. The molecule has 0 aliphatic carbocycles. The SMILES string of the molecule is CCCCCCCCCCCCCCC/C=C/CC/C=C/C(O)C(COP(=O)(O)OCC[N+](C)(C)C)NC(=O)CCCCCCCCCCCCCCCCCCCCCCC. The average Bonchev–Trinajstić information content (AvgIpc) is 3.23. The number of hydrogen-bond acceptors (Lipinski definition) is 5. The van der Waals surface area contributed by atoms with Gasteiger partial charge in [0.1, 0.15) is 13.2 Å². The van der Waals surface area contributed by atoms with Crippen molar-refractivity contribution in [2.24, 2.45) is 0 Å². The van der Waals surface area contributed by atoms with Crippen LogP contribution >= 0.6 is 7.82 Å². The molecule has 0 fully saturated rings. The first-order chi connectivity index (χ1) is 30.0. The molecule has 0 spiro atoms. The van der Waals surface area contributed by atoms with Crippen molar-refractivity contribution >= 4 is 13.7 Å². The van der Waals surface area contributed by atoms with Crippen molar-refractivity contribution in [3.05, 3.63) is 24.3 Å². The number of amides is 1. The van der Waals surface area contributed by atoms with Gasteiger partial charge in [0.15, 0.2) is 0 Å². The Hall–Kier alpha value is -1.02. The van der Waals surface area contributed by atoms with Gasteiger partial charge in [-0.15, -0.1) is 0 Å². The van der Waals surface area contributed by atoms with Crippen LogP contribution < -0.4 is 5.32 Å². The van der Waals surface area contributed by atoms with Gasteiger partial charge in [0, 0.05) is 6.42 Å². The van der Waals surface area contributed by atoms with E-state index >= 15 is 0 Å². The van der Waals surface area contributed by atoms with Crippen LogP contribution in [-0.2, 0) is 18.4 Å². The first-order valence-electron chi connectivity index (χ1n) is 26.7. The van der Waals surface area contributed by atoms with Crippen molar-refractivity contribution in [3.8, 4) is 0 Å². The molecule has 0 aromatic rings. The van der Waals surface area contributed by atoms with Crippen molar-refractivity contribution < 1.29 is 32.9 Å². The molecular formula is C53H106N2O6P+. The van der Waals surface area contributed by atoms with Crippen molar-refractivity contribution in [1.82, 2.24) is 5.32 Å². The van der Waals surface area contributed by atoms with Gasteiger partial charge in [-0.3, -0.25) is 13.8 Å². The van der Waals surface area contributed by atoms with E-state index in [1.165, 1.54) is 199 Å². The molecule has 0 bridgehead atoms. The van der Waals surface area contributed by atoms with E-state index in [1.54, 1.807) is 6.08 Å². The van der Waals surface area contributed by atoms with E-state index < -0.39 is 20.0 Å². The Morgan fingerprint density at radius 3 is 1.29 bits per heavy atom. The molecule has 0 radical (unpaired) electrons. The maximum absolute atomic E-state index is 12.9. The molecule has 1 amide bonds.